The Labute approximate surface area is 107 Å². The monoisotopic (exact) mass is 277 g/mol. The summed E-state index contributed by atoms with van der Waals surface area (Å²) in [5.74, 6) is 0. The van der Waals surface area contributed by atoms with Crippen LogP contribution >= 0.6 is 0 Å². The van der Waals surface area contributed by atoms with Gasteiger partial charge in [0, 0.05) is 26.2 Å². The smallest absolute Gasteiger partial charge is 0.410 e. The molecule has 1 unspecified atom stereocenters. The summed E-state index contributed by atoms with van der Waals surface area (Å²) in [6, 6.07) is -0.184. The highest BCUT2D eigenvalue weighted by molar-refractivity contribution is 7.87. The van der Waals surface area contributed by atoms with E-state index in [0.717, 1.165) is 0 Å². The van der Waals surface area contributed by atoms with E-state index in [2.05, 4.69) is 4.72 Å². The number of carbonyl (C=O) groups is 1. The summed E-state index contributed by atoms with van der Waals surface area (Å²) in [5.41, 5.74) is -0.534. The third kappa shape index (κ3) is 2.76. The van der Waals surface area contributed by atoms with Crippen molar-refractivity contribution in [1.82, 2.24) is 13.9 Å². The molecular formula is C10H19N3O4S. The van der Waals surface area contributed by atoms with Crippen molar-refractivity contribution in [3.63, 3.8) is 0 Å². The fourth-order valence-electron chi connectivity index (χ4n) is 2.10. The van der Waals surface area contributed by atoms with Crippen LogP contribution in [-0.2, 0) is 14.9 Å². The second-order valence-electron chi connectivity index (χ2n) is 5.54. The van der Waals surface area contributed by atoms with Gasteiger partial charge in [-0.1, -0.05) is 0 Å². The first-order valence-corrected chi connectivity index (χ1v) is 7.37. The number of fused-ring (bicyclic) bond motifs is 1. The van der Waals surface area contributed by atoms with Gasteiger partial charge < -0.3 is 9.64 Å². The van der Waals surface area contributed by atoms with E-state index in [0.29, 0.717) is 26.2 Å². The molecule has 2 heterocycles. The van der Waals surface area contributed by atoms with Crippen LogP contribution in [0.5, 0.6) is 0 Å². The van der Waals surface area contributed by atoms with E-state index in [1.54, 1.807) is 4.90 Å². The predicted octanol–water partition coefficient (Wildman–Crippen LogP) is -0.244. The van der Waals surface area contributed by atoms with Gasteiger partial charge in [0.05, 0.1) is 6.04 Å². The predicted molar refractivity (Wildman–Crippen MR) is 65.2 cm³/mol. The van der Waals surface area contributed by atoms with E-state index in [4.69, 9.17) is 4.74 Å². The minimum Gasteiger partial charge on any atom is -0.444 e. The fraction of sp³-hybridized carbons (Fsp3) is 0.900. The van der Waals surface area contributed by atoms with Crippen molar-refractivity contribution in [3.8, 4) is 0 Å². The third-order valence-corrected chi connectivity index (χ3v) is 4.52. The van der Waals surface area contributed by atoms with Crippen molar-refractivity contribution >= 4 is 16.3 Å². The fourth-order valence-corrected chi connectivity index (χ4v) is 3.52. The first kappa shape index (κ1) is 13.6. The molecule has 1 N–H and O–H groups in total. The maximum Gasteiger partial charge on any atom is 0.410 e. The van der Waals surface area contributed by atoms with E-state index in [-0.39, 0.29) is 12.1 Å². The number of hydrogen-bond acceptors (Lipinski definition) is 4. The number of ether oxygens (including phenoxy) is 1. The van der Waals surface area contributed by atoms with Crippen LogP contribution in [0.25, 0.3) is 0 Å². The number of nitrogens with one attached hydrogen (secondary N) is 1. The van der Waals surface area contributed by atoms with Crippen LogP contribution in [0.3, 0.4) is 0 Å². The van der Waals surface area contributed by atoms with Crippen LogP contribution in [0.4, 0.5) is 4.79 Å². The molecule has 7 nitrogen and oxygen atoms in total. The summed E-state index contributed by atoms with van der Waals surface area (Å²) in [7, 11) is -3.33. The van der Waals surface area contributed by atoms with Crippen molar-refractivity contribution in [2.45, 2.75) is 32.4 Å². The van der Waals surface area contributed by atoms with Gasteiger partial charge in [-0.3, -0.25) is 0 Å². The number of rotatable bonds is 0. The Morgan fingerprint density at radius 1 is 1.33 bits per heavy atom. The largest absolute Gasteiger partial charge is 0.444 e. The molecule has 0 spiro atoms. The summed E-state index contributed by atoms with van der Waals surface area (Å²) >= 11 is 0. The Morgan fingerprint density at radius 2 is 2.00 bits per heavy atom. The normalized spacial score (nSPS) is 27.9. The van der Waals surface area contributed by atoms with Gasteiger partial charge in [-0.15, -0.1) is 0 Å². The molecule has 0 bridgehead atoms. The van der Waals surface area contributed by atoms with Crippen LogP contribution < -0.4 is 4.72 Å². The first-order valence-electron chi connectivity index (χ1n) is 5.93. The zero-order chi connectivity index (χ0) is 13.6. The molecule has 2 aliphatic rings. The average Bonchev–Trinajstić information content (AvgIpc) is 2.52. The van der Waals surface area contributed by atoms with Gasteiger partial charge in [0.15, 0.2) is 0 Å². The zero-order valence-corrected chi connectivity index (χ0v) is 11.7. The summed E-state index contributed by atoms with van der Waals surface area (Å²) in [6.07, 6.45) is -0.383. The topological polar surface area (TPSA) is 79.0 Å². The van der Waals surface area contributed by atoms with Gasteiger partial charge in [-0.05, 0) is 20.8 Å². The molecule has 0 aromatic heterocycles. The van der Waals surface area contributed by atoms with Crippen LogP contribution in [0.2, 0.25) is 0 Å². The summed E-state index contributed by atoms with van der Waals surface area (Å²) < 4.78 is 32.3. The molecule has 2 saturated heterocycles. The van der Waals surface area contributed by atoms with Crippen molar-refractivity contribution in [2.24, 2.45) is 0 Å². The molecule has 2 rings (SSSR count). The highest BCUT2D eigenvalue weighted by Gasteiger charge is 2.42. The number of carbonyl (C=O) groups excluding carboxylic acids is 1. The molecule has 8 heteroatoms. The highest BCUT2D eigenvalue weighted by Crippen LogP contribution is 2.20. The molecular weight excluding hydrogens is 258 g/mol. The highest BCUT2D eigenvalue weighted by atomic mass is 32.2. The van der Waals surface area contributed by atoms with Gasteiger partial charge in [0.2, 0.25) is 0 Å². The second kappa shape index (κ2) is 4.36. The maximum atomic E-state index is 11.9. The molecule has 18 heavy (non-hydrogen) atoms. The summed E-state index contributed by atoms with van der Waals surface area (Å²) in [5, 5.41) is 0. The number of hydrogen-bond donors (Lipinski definition) is 1. The van der Waals surface area contributed by atoms with Gasteiger partial charge >= 0.3 is 6.09 Å². The first-order chi connectivity index (χ1) is 8.19. The van der Waals surface area contributed by atoms with E-state index in [1.165, 1.54) is 4.31 Å². The molecule has 2 fully saturated rings. The SMILES string of the molecule is CC(C)(C)OC(=O)N1CCN2C(CNS2(=O)=O)C1. The summed E-state index contributed by atoms with van der Waals surface area (Å²) in [6.45, 7) is 6.84. The lowest BCUT2D eigenvalue weighted by atomic mass is 10.2. The van der Waals surface area contributed by atoms with Crippen molar-refractivity contribution in [3.05, 3.63) is 0 Å². The molecule has 1 atom stereocenters. The van der Waals surface area contributed by atoms with Crippen LogP contribution in [0.1, 0.15) is 20.8 Å². The lowest BCUT2D eigenvalue weighted by Gasteiger charge is -2.36. The van der Waals surface area contributed by atoms with Gasteiger partial charge in [0.25, 0.3) is 10.2 Å². The Balaban J connectivity index is 1.99. The van der Waals surface area contributed by atoms with Crippen LogP contribution in [-0.4, -0.2) is 61.5 Å². The van der Waals surface area contributed by atoms with Gasteiger partial charge in [0.1, 0.15) is 5.60 Å². The number of nitrogens with zero attached hydrogens (tertiary/aromatic N) is 2. The van der Waals surface area contributed by atoms with Gasteiger partial charge in [-0.25, -0.2) is 9.52 Å². The number of amides is 1. The molecule has 0 saturated carbocycles. The van der Waals surface area contributed by atoms with E-state index >= 15 is 0 Å². The van der Waals surface area contributed by atoms with Crippen LogP contribution in [0, 0.1) is 0 Å². The molecule has 0 aromatic carbocycles. The quantitative estimate of drug-likeness (QED) is 0.662. The Morgan fingerprint density at radius 3 is 2.61 bits per heavy atom. The molecule has 0 aliphatic carbocycles. The molecule has 0 radical (unpaired) electrons. The van der Waals surface area contributed by atoms with Crippen molar-refractivity contribution in [1.29, 1.82) is 0 Å². The molecule has 0 aromatic rings. The minimum atomic E-state index is -3.33. The lowest BCUT2D eigenvalue weighted by Crippen LogP contribution is -2.54. The Kier molecular flexibility index (Phi) is 3.28. The molecule has 1 amide bonds. The standard InChI is InChI=1S/C10H19N3O4S/c1-10(2,3)17-9(14)12-4-5-13-8(7-12)6-11-18(13,15)16/h8,11H,4-7H2,1-3H3. The molecule has 2 aliphatic heterocycles. The van der Waals surface area contributed by atoms with Crippen molar-refractivity contribution < 1.29 is 17.9 Å². The van der Waals surface area contributed by atoms with E-state index < -0.39 is 15.8 Å². The van der Waals surface area contributed by atoms with Crippen molar-refractivity contribution in [2.75, 3.05) is 26.2 Å². The average molecular weight is 277 g/mol. The maximum absolute atomic E-state index is 11.9. The Bertz CT molecular complexity index is 443. The number of piperazine rings is 1. The van der Waals surface area contributed by atoms with Crippen LogP contribution in [0.15, 0.2) is 0 Å². The third-order valence-electron chi connectivity index (χ3n) is 2.89. The van der Waals surface area contributed by atoms with E-state index in [1.807, 2.05) is 20.8 Å². The Hall–Kier alpha value is -0.860. The minimum absolute atomic E-state index is 0.184. The lowest BCUT2D eigenvalue weighted by molar-refractivity contribution is 0.0149. The van der Waals surface area contributed by atoms with Gasteiger partial charge in [-0.2, -0.15) is 12.7 Å². The molecule has 104 valence electrons. The summed E-state index contributed by atoms with van der Waals surface area (Å²) in [4.78, 5) is 13.4. The van der Waals surface area contributed by atoms with E-state index in [9.17, 15) is 13.2 Å². The zero-order valence-electron chi connectivity index (χ0n) is 10.8. The second-order valence-corrected chi connectivity index (χ2v) is 7.25.